The molecule has 0 aromatic rings. The molecular weight excluding hydrogens is 224 g/mol. The van der Waals surface area contributed by atoms with Gasteiger partial charge in [-0.25, -0.2) is 0 Å². The van der Waals surface area contributed by atoms with Crippen LogP contribution in [0.15, 0.2) is 0 Å². The smallest absolute Gasteiger partial charge is 0.138 e. The summed E-state index contributed by atoms with van der Waals surface area (Å²) in [5.41, 5.74) is -0.279. The van der Waals surface area contributed by atoms with Gasteiger partial charge in [-0.15, -0.1) is 0 Å². The Morgan fingerprint density at radius 1 is 0.833 bits per heavy atom. The van der Waals surface area contributed by atoms with Crippen LogP contribution in [0.5, 0.6) is 0 Å². The molecule has 0 N–H and O–H groups in total. The van der Waals surface area contributed by atoms with Gasteiger partial charge >= 0.3 is 0 Å². The van der Waals surface area contributed by atoms with E-state index in [0.717, 1.165) is 0 Å². The van der Waals surface area contributed by atoms with E-state index in [1.807, 2.05) is 48.5 Å². The maximum atomic E-state index is 11.3. The van der Waals surface area contributed by atoms with E-state index in [4.69, 9.17) is 0 Å². The Bertz CT molecular complexity index is 262. The Morgan fingerprint density at radius 2 is 1.17 bits per heavy atom. The average Bonchev–Trinajstić information content (AvgIpc) is 2.13. The van der Waals surface area contributed by atoms with Gasteiger partial charge < -0.3 is 0 Å². The van der Waals surface area contributed by atoms with Crippen molar-refractivity contribution in [3.8, 4) is 0 Å². The third-order valence-corrected chi connectivity index (χ3v) is 2.59. The minimum Gasteiger partial charge on any atom is -0.299 e. The molecule has 0 aromatic carbocycles. The van der Waals surface area contributed by atoms with Crippen molar-refractivity contribution < 1.29 is 9.59 Å². The molecule has 0 aromatic heterocycles. The summed E-state index contributed by atoms with van der Waals surface area (Å²) in [6.45, 7) is 17.8. The minimum atomic E-state index is -0.149. The first-order chi connectivity index (χ1) is 7.82. The summed E-state index contributed by atoms with van der Waals surface area (Å²) in [6, 6.07) is 0. The second-order valence-electron chi connectivity index (χ2n) is 7.30. The lowest BCUT2D eigenvalue weighted by Crippen LogP contribution is -2.21. The van der Waals surface area contributed by atoms with E-state index in [1.165, 1.54) is 0 Å². The molecular formula is C16H32O2. The summed E-state index contributed by atoms with van der Waals surface area (Å²) in [7, 11) is 0. The minimum absolute atomic E-state index is 0.130. The van der Waals surface area contributed by atoms with Gasteiger partial charge in [0.25, 0.3) is 0 Å². The third-order valence-electron chi connectivity index (χ3n) is 2.59. The van der Waals surface area contributed by atoms with Crippen LogP contribution in [0.1, 0.15) is 75.2 Å². The SMILES string of the molecule is CC(C)CC(=O)C(C)(C)C.CCC(=O)C(C)(C)C. The van der Waals surface area contributed by atoms with Crippen molar-refractivity contribution in [2.45, 2.75) is 75.2 Å². The van der Waals surface area contributed by atoms with Gasteiger partial charge in [0.15, 0.2) is 0 Å². The van der Waals surface area contributed by atoms with Crippen LogP contribution in [0, 0.1) is 16.7 Å². The highest BCUT2D eigenvalue weighted by atomic mass is 16.1. The topological polar surface area (TPSA) is 34.1 Å². The van der Waals surface area contributed by atoms with Crippen LogP contribution in [0.2, 0.25) is 0 Å². The molecule has 0 heterocycles. The van der Waals surface area contributed by atoms with Crippen molar-refractivity contribution in [2.75, 3.05) is 0 Å². The van der Waals surface area contributed by atoms with Crippen molar-refractivity contribution in [2.24, 2.45) is 16.7 Å². The summed E-state index contributed by atoms with van der Waals surface area (Å²) in [5.74, 6) is 1.19. The molecule has 0 saturated carbocycles. The zero-order valence-electron chi connectivity index (χ0n) is 13.8. The Hall–Kier alpha value is -0.660. The van der Waals surface area contributed by atoms with E-state index in [2.05, 4.69) is 13.8 Å². The van der Waals surface area contributed by atoms with Crippen molar-refractivity contribution >= 4 is 11.6 Å². The fourth-order valence-corrected chi connectivity index (χ4v) is 1.21. The maximum absolute atomic E-state index is 11.3. The molecule has 0 atom stereocenters. The summed E-state index contributed by atoms with van der Waals surface area (Å²) >= 11 is 0. The van der Waals surface area contributed by atoms with Crippen molar-refractivity contribution in [3.63, 3.8) is 0 Å². The Morgan fingerprint density at radius 3 is 1.22 bits per heavy atom. The van der Waals surface area contributed by atoms with Gasteiger partial charge in [0, 0.05) is 23.7 Å². The first-order valence-electron chi connectivity index (χ1n) is 6.89. The predicted molar refractivity (Wildman–Crippen MR) is 78.7 cm³/mol. The lowest BCUT2D eigenvalue weighted by Gasteiger charge is -2.17. The fraction of sp³-hybridized carbons (Fsp3) is 0.875. The van der Waals surface area contributed by atoms with Gasteiger partial charge in [0.1, 0.15) is 11.6 Å². The first-order valence-corrected chi connectivity index (χ1v) is 6.89. The second kappa shape index (κ2) is 7.70. The number of rotatable bonds is 3. The second-order valence-corrected chi connectivity index (χ2v) is 7.30. The summed E-state index contributed by atoms with van der Waals surface area (Å²) in [4.78, 5) is 22.1. The van der Waals surface area contributed by atoms with Crippen LogP contribution in [0.25, 0.3) is 0 Å². The standard InChI is InChI=1S/C9H18O.C7H14O/c1-7(2)6-8(10)9(3,4)5;1-5-6(8)7(2,3)4/h7H,6H2,1-5H3;5H2,1-4H3. The Kier molecular flexibility index (Phi) is 8.42. The van der Waals surface area contributed by atoms with Gasteiger partial charge in [0.05, 0.1) is 0 Å². The summed E-state index contributed by atoms with van der Waals surface area (Å²) < 4.78 is 0. The molecule has 0 saturated heterocycles. The van der Waals surface area contributed by atoms with E-state index < -0.39 is 0 Å². The largest absolute Gasteiger partial charge is 0.299 e. The van der Waals surface area contributed by atoms with Crippen LogP contribution >= 0.6 is 0 Å². The molecule has 0 aliphatic heterocycles. The highest BCUT2D eigenvalue weighted by Gasteiger charge is 2.21. The molecule has 0 amide bonds. The van der Waals surface area contributed by atoms with Gasteiger partial charge in [0.2, 0.25) is 0 Å². The molecule has 0 unspecified atom stereocenters. The third kappa shape index (κ3) is 10.5. The molecule has 0 rings (SSSR count). The number of carbonyl (C=O) groups is 2. The highest BCUT2D eigenvalue weighted by molar-refractivity contribution is 5.83. The van der Waals surface area contributed by atoms with Crippen LogP contribution in [-0.4, -0.2) is 11.6 Å². The molecule has 18 heavy (non-hydrogen) atoms. The van der Waals surface area contributed by atoms with E-state index in [-0.39, 0.29) is 10.8 Å². The Balaban J connectivity index is 0. The fourth-order valence-electron chi connectivity index (χ4n) is 1.21. The maximum Gasteiger partial charge on any atom is 0.138 e. The molecule has 0 aliphatic rings. The molecule has 0 aliphatic carbocycles. The molecule has 2 heteroatoms. The van der Waals surface area contributed by atoms with Gasteiger partial charge in [-0.3, -0.25) is 9.59 Å². The van der Waals surface area contributed by atoms with E-state index >= 15 is 0 Å². The monoisotopic (exact) mass is 256 g/mol. The summed E-state index contributed by atoms with van der Waals surface area (Å²) in [6.07, 6.45) is 1.37. The number of Topliss-reactive ketones (excluding diaryl/α,β-unsaturated/α-hetero) is 2. The van der Waals surface area contributed by atoms with E-state index in [0.29, 0.717) is 30.3 Å². The van der Waals surface area contributed by atoms with Crippen LogP contribution in [0.4, 0.5) is 0 Å². The first kappa shape index (κ1) is 19.7. The van der Waals surface area contributed by atoms with Gasteiger partial charge in [-0.2, -0.15) is 0 Å². The number of ketones is 2. The molecule has 0 radical (unpaired) electrons. The molecule has 108 valence electrons. The normalized spacial score (nSPS) is 11.9. The van der Waals surface area contributed by atoms with E-state index in [1.54, 1.807) is 0 Å². The predicted octanol–water partition coefficient (Wildman–Crippen LogP) is 4.66. The number of hydrogen-bond donors (Lipinski definition) is 0. The van der Waals surface area contributed by atoms with Crippen LogP contribution in [0.3, 0.4) is 0 Å². The number of carbonyl (C=O) groups excluding carboxylic acids is 2. The lowest BCUT2D eigenvalue weighted by molar-refractivity contribution is -0.127. The van der Waals surface area contributed by atoms with Gasteiger partial charge in [-0.05, 0) is 5.92 Å². The molecule has 0 bridgehead atoms. The highest BCUT2D eigenvalue weighted by Crippen LogP contribution is 2.19. The quantitative estimate of drug-likeness (QED) is 0.736. The average molecular weight is 256 g/mol. The van der Waals surface area contributed by atoms with Crippen LogP contribution < -0.4 is 0 Å². The lowest BCUT2D eigenvalue weighted by atomic mass is 9.86. The Labute approximate surface area is 114 Å². The molecule has 0 fully saturated rings. The van der Waals surface area contributed by atoms with Crippen molar-refractivity contribution in [1.29, 1.82) is 0 Å². The van der Waals surface area contributed by atoms with Gasteiger partial charge in [-0.1, -0.05) is 62.3 Å². The molecule has 0 spiro atoms. The number of hydrogen-bond acceptors (Lipinski definition) is 2. The zero-order chi connectivity index (χ0) is 15.1. The summed E-state index contributed by atoms with van der Waals surface area (Å²) in [5, 5.41) is 0. The zero-order valence-corrected chi connectivity index (χ0v) is 13.8. The van der Waals surface area contributed by atoms with E-state index in [9.17, 15) is 9.59 Å². The van der Waals surface area contributed by atoms with Crippen molar-refractivity contribution in [1.82, 2.24) is 0 Å². The van der Waals surface area contributed by atoms with Crippen molar-refractivity contribution in [3.05, 3.63) is 0 Å². The molecule has 2 nitrogen and oxygen atoms in total. The van der Waals surface area contributed by atoms with Crippen LogP contribution in [-0.2, 0) is 9.59 Å².